The van der Waals surface area contributed by atoms with Gasteiger partial charge in [0.15, 0.2) is 0 Å². The quantitative estimate of drug-likeness (QED) is 0.658. The summed E-state index contributed by atoms with van der Waals surface area (Å²) in [5, 5.41) is 3.49. The van der Waals surface area contributed by atoms with E-state index < -0.39 is 0 Å². The molecule has 0 radical (unpaired) electrons. The van der Waals surface area contributed by atoms with Crippen LogP contribution >= 0.6 is 0 Å². The third-order valence-corrected chi connectivity index (χ3v) is 3.54. The van der Waals surface area contributed by atoms with Gasteiger partial charge in [0.1, 0.15) is 0 Å². The highest BCUT2D eigenvalue weighted by atomic mass is 15.1. The number of rotatable bonds is 3. The van der Waals surface area contributed by atoms with Gasteiger partial charge in [0.25, 0.3) is 0 Å². The van der Waals surface area contributed by atoms with Crippen LogP contribution in [0.25, 0.3) is 0 Å². The van der Waals surface area contributed by atoms with Crippen molar-refractivity contribution < 1.29 is 0 Å². The van der Waals surface area contributed by atoms with Crippen LogP contribution in [0.2, 0.25) is 0 Å². The second kappa shape index (κ2) is 3.81. The van der Waals surface area contributed by atoms with Gasteiger partial charge >= 0.3 is 0 Å². The van der Waals surface area contributed by atoms with Gasteiger partial charge in [-0.3, -0.25) is 4.90 Å². The molecule has 1 fully saturated rings. The zero-order chi connectivity index (χ0) is 9.15. The molecule has 1 unspecified atom stereocenters. The van der Waals surface area contributed by atoms with E-state index in [2.05, 4.69) is 29.3 Å². The fourth-order valence-electron chi connectivity index (χ4n) is 2.47. The lowest BCUT2D eigenvalue weighted by molar-refractivity contribution is 0.190. The van der Waals surface area contributed by atoms with Crippen LogP contribution in [0.5, 0.6) is 0 Å². The molecule has 74 valence electrons. The van der Waals surface area contributed by atoms with E-state index in [0.717, 1.165) is 0 Å². The van der Waals surface area contributed by atoms with Crippen LogP contribution in [0.3, 0.4) is 0 Å². The largest absolute Gasteiger partial charge is 0.316 e. The van der Waals surface area contributed by atoms with E-state index in [9.17, 15) is 0 Å². The highest BCUT2D eigenvalue weighted by molar-refractivity contribution is 4.99. The van der Waals surface area contributed by atoms with Crippen LogP contribution < -0.4 is 5.32 Å². The minimum absolute atomic E-state index is 0.575. The van der Waals surface area contributed by atoms with E-state index >= 15 is 0 Å². The molecule has 1 saturated heterocycles. The first-order valence-electron chi connectivity index (χ1n) is 5.43. The van der Waals surface area contributed by atoms with Crippen molar-refractivity contribution in [2.24, 2.45) is 5.41 Å². The first kappa shape index (κ1) is 9.22. The maximum atomic E-state index is 3.49. The first-order valence-corrected chi connectivity index (χ1v) is 5.43. The molecule has 1 N–H and O–H groups in total. The standard InChI is InChI=1S/C11H20N2/c1-2-11(5-6-12-9-11)10-13-7-3-4-8-13/h3-4,12H,2,5-10H2,1H3. The molecule has 2 aliphatic heterocycles. The smallest absolute Gasteiger partial charge is 0.0167 e. The fraction of sp³-hybridized carbons (Fsp3) is 0.818. The molecule has 0 aromatic carbocycles. The molecule has 0 aromatic heterocycles. The second-order valence-electron chi connectivity index (χ2n) is 4.45. The third kappa shape index (κ3) is 1.94. The van der Waals surface area contributed by atoms with Gasteiger partial charge in [0.2, 0.25) is 0 Å². The fourth-order valence-corrected chi connectivity index (χ4v) is 2.47. The molecule has 0 aromatic rings. The van der Waals surface area contributed by atoms with E-state index in [1.807, 2.05) is 0 Å². The van der Waals surface area contributed by atoms with Crippen molar-refractivity contribution in [2.75, 3.05) is 32.7 Å². The number of nitrogens with zero attached hydrogens (tertiary/aromatic N) is 1. The van der Waals surface area contributed by atoms with Crippen molar-refractivity contribution in [1.29, 1.82) is 0 Å². The average Bonchev–Trinajstić information content (AvgIpc) is 2.77. The van der Waals surface area contributed by atoms with Crippen molar-refractivity contribution in [1.82, 2.24) is 10.2 Å². The van der Waals surface area contributed by atoms with Crippen molar-refractivity contribution >= 4 is 0 Å². The lowest BCUT2D eigenvalue weighted by Crippen LogP contribution is -2.37. The van der Waals surface area contributed by atoms with Gasteiger partial charge in [-0.05, 0) is 24.8 Å². The molecule has 0 spiro atoms. The van der Waals surface area contributed by atoms with Crippen LogP contribution in [0.15, 0.2) is 12.2 Å². The molecule has 2 heteroatoms. The minimum atomic E-state index is 0.575. The normalized spacial score (nSPS) is 34.5. The Morgan fingerprint density at radius 1 is 1.38 bits per heavy atom. The highest BCUT2D eigenvalue weighted by Crippen LogP contribution is 2.30. The van der Waals surface area contributed by atoms with Gasteiger partial charge in [0, 0.05) is 26.2 Å². The van der Waals surface area contributed by atoms with Gasteiger partial charge in [-0.15, -0.1) is 0 Å². The zero-order valence-electron chi connectivity index (χ0n) is 8.55. The molecule has 0 amide bonds. The van der Waals surface area contributed by atoms with Gasteiger partial charge in [-0.2, -0.15) is 0 Å². The molecular formula is C11H20N2. The summed E-state index contributed by atoms with van der Waals surface area (Å²) in [6.07, 6.45) is 7.24. The third-order valence-electron chi connectivity index (χ3n) is 3.54. The molecule has 1 atom stereocenters. The SMILES string of the molecule is CCC1(CN2CC=CC2)CCNC1. The molecule has 0 bridgehead atoms. The number of hydrogen-bond donors (Lipinski definition) is 1. The van der Waals surface area contributed by atoms with E-state index in [-0.39, 0.29) is 0 Å². The van der Waals surface area contributed by atoms with E-state index in [1.165, 1.54) is 45.6 Å². The zero-order valence-corrected chi connectivity index (χ0v) is 8.55. The summed E-state index contributed by atoms with van der Waals surface area (Å²) in [7, 11) is 0. The summed E-state index contributed by atoms with van der Waals surface area (Å²) in [6.45, 7) is 8.39. The molecule has 13 heavy (non-hydrogen) atoms. The molecule has 2 rings (SSSR count). The summed E-state index contributed by atoms with van der Waals surface area (Å²) in [5.74, 6) is 0. The van der Waals surface area contributed by atoms with Crippen molar-refractivity contribution in [3.8, 4) is 0 Å². The highest BCUT2D eigenvalue weighted by Gasteiger charge is 2.33. The van der Waals surface area contributed by atoms with E-state index in [4.69, 9.17) is 0 Å². The second-order valence-corrected chi connectivity index (χ2v) is 4.45. The molecular weight excluding hydrogens is 160 g/mol. The predicted octanol–water partition coefficient (Wildman–Crippen LogP) is 1.25. The Morgan fingerprint density at radius 2 is 2.15 bits per heavy atom. The van der Waals surface area contributed by atoms with Crippen molar-refractivity contribution in [3.05, 3.63) is 12.2 Å². The Morgan fingerprint density at radius 3 is 2.69 bits per heavy atom. The van der Waals surface area contributed by atoms with Crippen LogP contribution in [0.1, 0.15) is 19.8 Å². The van der Waals surface area contributed by atoms with Crippen LogP contribution in [0, 0.1) is 5.41 Å². The first-order chi connectivity index (χ1) is 6.35. The Balaban J connectivity index is 1.89. The molecule has 2 nitrogen and oxygen atoms in total. The Bertz CT molecular complexity index is 184. The van der Waals surface area contributed by atoms with E-state index in [0.29, 0.717) is 5.41 Å². The summed E-state index contributed by atoms with van der Waals surface area (Å²) < 4.78 is 0. The van der Waals surface area contributed by atoms with Gasteiger partial charge in [-0.1, -0.05) is 19.1 Å². The van der Waals surface area contributed by atoms with Gasteiger partial charge in [0.05, 0.1) is 0 Å². The monoisotopic (exact) mass is 180 g/mol. The summed E-state index contributed by atoms with van der Waals surface area (Å²) in [4.78, 5) is 2.55. The molecule has 0 saturated carbocycles. The average molecular weight is 180 g/mol. The molecule has 2 heterocycles. The summed E-state index contributed by atoms with van der Waals surface area (Å²) >= 11 is 0. The van der Waals surface area contributed by atoms with E-state index in [1.54, 1.807) is 0 Å². The Kier molecular flexibility index (Phi) is 2.70. The summed E-state index contributed by atoms with van der Waals surface area (Å²) in [5.41, 5.74) is 0.575. The maximum absolute atomic E-state index is 3.49. The van der Waals surface area contributed by atoms with Crippen LogP contribution in [-0.4, -0.2) is 37.6 Å². The predicted molar refractivity (Wildman–Crippen MR) is 55.8 cm³/mol. The summed E-state index contributed by atoms with van der Waals surface area (Å²) in [6, 6.07) is 0. The topological polar surface area (TPSA) is 15.3 Å². The van der Waals surface area contributed by atoms with Gasteiger partial charge in [-0.25, -0.2) is 0 Å². The van der Waals surface area contributed by atoms with Crippen molar-refractivity contribution in [3.63, 3.8) is 0 Å². The maximum Gasteiger partial charge on any atom is 0.0167 e. The lowest BCUT2D eigenvalue weighted by atomic mass is 9.84. The number of nitrogens with one attached hydrogen (secondary N) is 1. The lowest BCUT2D eigenvalue weighted by Gasteiger charge is -2.31. The minimum Gasteiger partial charge on any atom is -0.316 e. The Hall–Kier alpha value is -0.340. The van der Waals surface area contributed by atoms with Crippen LogP contribution in [-0.2, 0) is 0 Å². The molecule has 0 aliphatic carbocycles. The van der Waals surface area contributed by atoms with Crippen LogP contribution in [0.4, 0.5) is 0 Å². The Labute approximate surface area is 81.0 Å². The van der Waals surface area contributed by atoms with Gasteiger partial charge < -0.3 is 5.32 Å². The molecule has 2 aliphatic rings. The van der Waals surface area contributed by atoms with Crippen molar-refractivity contribution in [2.45, 2.75) is 19.8 Å². The number of hydrogen-bond acceptors (Lipinski definition) is 2.